The van der Waals surface area contributed by atoms with Crippen molar-refractivity contribution in [1.82, 2.24) is 4.98 Å². The predicted molar refractivity (Wildman–Crippen MR) is 66.3 cm³/mol. The average Bonchev–Trinajstić information content (AvgIpc) is 2.85. The fraction of sp³-hybridized carbons (Fsp3) is 0.417. The van der Waals surface area contributed by atoms with Gasteiger partial charge in [-0.1, -0.05) is 25.4 Å². The Morgan fingerprint density at radius 3 is 2.50 bits per heavy atom. The van der Waals surface area contributed by atoms with E-state index in [1.165, 1.54) is 6.20 Å². The van der Waals surface area contributed by atoms with Crippen LogP contribution in [0.1, 0.15) is 13.8 Å². The number of anilines is 1. The van der Waals surface area contributed by atoms with Crippen LogP contribution >= 0.6 is 11.6 Å². The first-order valence-electron chi connectivity index (χ1n) is 5.49. The molecule has 2 rings (SSSR count). The molecule has 1 heterocycles. The number of carbonyl (C=O) groups excluding carboxylic acids is 1. The van der Waals surface area contributed by atoms with Gasteiger partial charge < -0.3 is 10.4 Å². The second kappa shape index (κ2) is 4.24. The second-order valence-electron chi connectivity index (χ2n) is 4.97. The molecule has 5 nitrogen and oxygen atoms in total. The van der Waals surface area contributed by atoms with Gasteiger partial charge in [0.05, 0.1) is 23.7 Å². The third kappa shape index (κ3) is 2.18. The lowest BCUT2D eigenvalue weighted by Gasteiger charge is -2.05. The summed E-state index contributed by atoms with van der Waals surface area (Å²) in [4.78, 5) is 26.8. The van der Waals surface area contributed by atoms with Crippen LogP contribution in [0.25, 0.3) is 0 Å². The Morgan fingerprint density at radius 1 is 1.39 bits per heavy atom. The van der Waals surface area contributed by atoms with Crippen molar-refractivity contribution in [2.75, 3.05) is 5.32 Å². The van der Waals surface area contributed by atoms with Crippen LogP contribution in [0.5, 0.6) is 0 Å². The Bertz CT molecular complexity index is 499. The standard InChI is InChI=1S/C12H13ClN2O3/c1-12(2)8(9(12)11(17)18)10(16)15-6-3-4-7(13)14-5-6/h3-5,8-9H,1-2H3,(H,15,16)(H,17,18)/t8-,9+/m0/s1. The summed E-state index contributed by atoms with van der Waals surface area (Å²) < 4.78 is 0. The number of amides is 1. The van der Waals surface area contributed by atoms with Crippen molar-refractivity contribution in [3.63, 3.8) is 0 Å². The van der Waals surface area contributed by atoms with Gasteiger partial charge in [-0.3, -0.25) is 9.59 Å². The molecule has 2 N–H and O–H groups in total. The molecular formula is C12H13ClN2O3. The molecule has 0 aliphatic heterocycles. The molecule has 0 spiro atoms. The largest absolute Gasteiger partial charge is 0.481 e. The Hall–Kier alpha value is -1.62. The first kappa shape index (κ1) is 12.8. The number of aliphatic carboxylic acids is 1. The van der Waals surface area contributed by atoms with Crippen molar-refractivity contribution in [1.29, 1.82) is 0 Å². The summed E-state index contributed by atoms with van der Waals surface area (Å²) in [6.07, 6.45) is 1.44. The van der Waals surface area contributed by atoms with Crippen molar-refractivity contribution in [3.8, 4) is 0 Å². The third-order valence-electron chi connectivity index (χ3n) is 3.37. The molecule has 1 aliphatic rings. The molecule has 0 radical (unpaired) electrons. The monoisotopic (exact) mass is 268 g/mol. The minimum absolute atomic E-state index is 0.295. The lowest BCUT2D eigenvalue weighted by Crippen LogP contribution is -2.17. The number of halogens is 1. The Labute approximate surface area is 109 Å². The predicted octanol–water partition coefficient (Wildman–Crippen LogP) is 2.03. The van der Waals surface area contributed by atoms with Crippen LogP contribution in [0.15, 0.2) is 18.3 Å². The van der Waals surface area contributed by atoms with Crippen LogP contribution in [0.2, 0.25) is 5.15 Å². The number of aromatic nitrogens is 1. The van der Waals surface area contributed by atoms with Crippen molar-refractivity contribution >= 4 is 29.2 Å². The number of carbonyl (C=O) groups is 2. The molecule has 2 atom stereocenters. The molecule has 1 aromatic heterocycles. The van der Waals surface area contributed by atoms with E-state index >= 15 is 0 Å². The fourth-order valence-electron chi connectivity index (χ4n) is 2.26. The maximum atomic E-state index is 12.0. The number of nitrogens with zero attached hydrogens (tertiary/aromatic N) is 1. The van der Waals surface area contributed by atoms with Crippen molar-refractivity contribution < 1.29 is 14.7 Å². The molecule has 6 heteroatoms. The molecule has 18 heavy (non-hydrogen) atoms. The number of hydrogen-bond donors (Lipinski definition) is 2. The SMILES string of the molecule is CC1(C)[C@H](C(=O)Nc2ccc(Cl)nc2)[C@@H]1C(=O)O. The Balaban J connectivity index is 2.06. The normalized spacial score (nSPS) is 24.4. The molecule has 1 aliphatic carbocycles. The maximum absolute atomic E-state index is 12.0. The maximum Gasteiger partial charge on any atom is 0.307 e. The van der Waals surface area contributed by atoms with E-state index in [0.29, 0.717) is 10.8 Å². The summed E-state index contributed by atoms with van der Waals surface area (Å²) in [6, 6.07) is 3.18. The van der Waals surface area contributed by atoms with E-state index < -0.39 is 23.2 Å². The zero-order chi connectivity index (χ0) is 13.5. The summed E-state index contributed by atoms with van der Waals surface area (Å²) in [7, 11) is 0. The molecule has 96 valence electrons. The van der Waals surface area contributed by atoms with E-state index in [1.54, 1.807) is 26.0 Å². The highest BCUT2D eigenvalue weighted by molar-refractivity contribution is 6.29. The third-order valence-corrected chi connectivity index (χ3v) is 3.59. The summed E-state index contributed by atoms with van der Waals surface area (Å²) in [6.45, 7) is 3.55. The smallest absolute Gasteiger partial charge is 0.307 e. The van der Waals surface area contributed by atoms with Crippen molar-refractivity contribution in [2.45, 2.75) is 13.8 Å². The molecule has 1 fully saturated rings. The molecule has 1 aromatic rings. The first-order chi connectivity index (χ1) is 8.34. The van der Waals surface area contributed by atoms with Crippen molar-refractivity contribution in [3.05, 3.63) is 23.5 Å². The molecule has 0 bridgehead atoms. The summed E-state index contributed by atoms with van der Waals surface area (Å²) >= 11 is 5.63. The number of nitrogens with one attached hydrogen (secondary N) is 1. The van der Waals surface area contributed by atoms with Gasteiger partial charge in [-0.05, 0) is 17.5 Å². The van der Waals surface area contributed by atoms with Crippen LogP contribution in [-0.2, 0) is 9.59 Å². The van der Waals surface area contributed by atoms with Crippen LogP contribution in [0.3, 0.4) is 0 Å². The summed E-state index contributed by atoms with van der Waals surface area (Å²) in [5.74, 6) is -2.37. The van der Waals surface area contributed by atoms with Crippen LogP contribution in [0, 0.1) is 17.3 Å². The number of hydrogen-bond acceptors (Lipinski definition) is 3. The lowest BCUT2D eigenvalue weighted by atomic mass is 10.1. The van der Waals surface area contributed by atoms with E-state index in [2.05, 4.69) is 10.3 Å². The van der Waals surface area contributed by atoms with Crippen molar-refractivity contribution in [2.24, 2.45) is 17.3 Å². The van der Waals surface area contributed by atoms with Gasteiger partial charge in [0, 0.05) is 0 Å². The minimum Gasteiger partial charge on any atom is -0.481 e. The molecule has 1 saturated carbocycles. The van der Waals surface area contributed by atoms with Crippen LogP contribution in [0.4, 0.5) is 5.69 Å². The van der Waals surface area contributed by atoms with E-state index in [4.69, 9.17) is 16.7 Å². The summed E-state index contributed by atoms with van der Waals surface area (Å²) in [5, 5.41) is 12.0. The number of rotatable bonds is 3. The number of carboxylic acid groups (broad SMARTS) is 1. The zero-order valence-electron chi connectivity index (χ0n) is 9.98. The topological polar surface area (TPSA) is 79.3 Å². The highest BCUT2D eigenvalue weighted by Crippen LogP contribution is 2.58. The average molecular weight is 269 g/mol. The summed E-state index contributed by atoms with van der Waals surface area (Å²) in [5.41, 5.74) is 0.00621. The highest BCUT2D eigenvalue weighted by atomic mass is 35.5. The lowest BCUT2D eigenvalue weighted by molar-refractivity contribution is -0.140. The van der Waals surface area contributed by atoms with Gasteiger partial charge in [-0.2, -0.15) is 0 Å². The highest BCUT2D eigenvalue weighted by Gasteiger charge is 2.65. The molecular weight excluding hydrogens is 256 g/mol. The van der Waals surface area contributed by atoms with Crippen LogP contribution in [-0.4, -0.2) is 22.0 Å². The van der Waals surface area contributed by atoms with E-state index in [9.17, 15) is 9.59 Å². The fourth-order valence-corrected chi connectivity index (χ4v) is 2.37. The van der Waals surface area contributed by atoms with Gasteiger partial charge in [-0.25, -0.2) is 4.98 Å². The van der Waals surface area contributed by atoms with Gasteiger partial charge in [0.25, 0.3) is 0 Å². The van der Waals surface area contributed by atoms with E-state index in [1.807, 2.05) is 0 Å². The second-order valence-corrected chi connectivity index (χ2v) is 5.36. The Kier molecular flexibility index (Phi) is 3.02. The minimum atomic E-state index is -0.936. The van der Waals surface area contributed by atoms with Gasteiger partial charge >= 0.3 is 5.97 Å². The molecule has 0 aromatic carbocycles. The van der Waals surface area contributed by atoms with Gasteiger partial charge in [0.1, 0.15) is 5.15 Å². The number of carboxylic acids is 1. The molecule has 1 amide bonds. The van der Waals surface area contributed by atoms with Crippen LogP contribution < -0.4 is 5.32 Å². The van der Waals surface area contributed by atoms with Gasteiger partial charge in [-0.15, -0.1) is 0 Å². The quantitative estimate of drug-likeness (QED) is 0.822. The van der Waals surface area contributed by atoms with E-state index in [0.717, 1.165) is 0 Å². The van der Waals surface area contributed by atoms with E-state index in [-0.39, 0.29) is 5.91 Å². The molecule has 0 saturated heterocycles. The molecule has 0 unspecified atom stereocenters. The Morgan fingerprint density at radius 2 is 2.06 bits per heavy atom. The van der Waals surface area contributed by atoms with Gasteiger partial charge in [0.15, 0.2) is 0 Å². The van der Waals surface area contributed by atoms with Gasteiger partial charge in [0.2, 0.25) is 5.91 Å². The first-order valence-corrected chi connectivity index (χ1v) is 5.87. The zero-order valence-corrected chi connectivity index (χ0v) is 10.7. The number of pyridine rings is 1.